The largest absolute Gasteiger partial charge is 0.872 e. The number of fused-ring (bicyclic) bond motifs is 2. The van der Waals surface area contributed by atoms with E-state index in [1.807, 2.05) is 36.0 Å². The zero-order valence-electron chi connectivity index (χ0n) is 18.7. The van der Waals surface area contributed by atoms with E-state index in [9.17, 15) is 9.90 Å². The Kier molecular flexibility index (Phi) is 5.18. The lowest BCUT2D eigenvalue weighted by atomic mass is 9.98. The molecule has 0 spiro atoms. The van der Waals surface area contributed by atoms with Gasteiger partial charge in [-0.25, -0.2) is 0 Å². The third kappa shape index (κ3) is 3.54. The van der Waals surface area contributed by atoms with E-state index in [4.69, 9.17) is 9.47 Å². The average molecular weight is 433 g/mol. The van der Waals surface area contributed by atoms with Crippen LogP contribution in [0.1, 0.15) is 41.3 Å². The van der Waals surface area contributed by atoms with Gasteiger partial charge in [0.05, 0.1) is 25.8 Å². The van der Waals surface area contributed by atoms with Gasteiger partial charge in [0, 0.05) is 35.3 Å². The number of aromatic nitrogens is 1. The smallest absolute Gasteiger partial charge is 0.231 e. The number of hydrogen-bond acceptors (Lipinski definition) is 4. The van der Waals surface area contributed by atoms with Crippen LogP contribution in [0.4, 0.5) is 0 Å². The number of rotatable bonds is 4. The number of nitrogens with one attached hydrogen (secondary N) is 1. The summed E-state index contributed by atoms with van der Waals surface area (Å²) in [6.45, 7) is 4.95. The summed E-state index contributed by atoms with van der Waals surface area (Å²) in [6.07, 6.45) is 6.06. The Morgan fingerprint density at radius 1 is 1.25 bits per heavy atom. The lowest BCUT2D eigenvalue weighted by molar-refractivity contribution is -0.919. The minimum absolute atomic E-state index is 0.0566. The Balaban J connectivity index is 1.49. The van der Waals surface area contributed by atoms with Crippen molar-refractivity contribution in [3.8, 4) is 17.2 Å². The molecule has 0 unspecified atom stereocenters. The van der Waals surface area contributed by atoms with E-state index in [2.05, 4.69) is 6.92 Å². The second-order valence-corrected chi connectivity index (χ2v) is 9.05. The Morgan fingerprint density at radius 3 is 2.78 bits per heavy atom. The molecule has 6 nitrogen and oxygen atoms in total. The van der Waals surface area contributed by atoms with Crippen LogP contribution < -0.4 is 19.5 Å². The predicted molar refractivity (Wildman–Crippen MR) is 121 cm³/mol. The fourth-order valence-corrected chi connectivity index (χ4v) is 4.84. The van der Waals surface area contributed by atoms with Crippen molar-refractivity contribution in [3.05, 3.63) is 59.0 Å². The number of likely N-dealkylation sites (tertiary alicyclic amines) is 1. The lowest BCUT2D eigenvalue weighted by Crippen LogP contribution is -3.11. The number of quaternary nitrogens is 1. The van der Waals surface area contributed by atoms with Crippen molar-refractivity contribution < 1.29 is 24.3 Å². The van der Waals surface area contributed by atoms with E-state index in [0.29, 0.717) is 23.4 Å². The zero-order valence-corrected chi connectivity index (χ0v) is 18.7. The number of Topliss-reactive ketones (excluding diaryl/α,β-unsaturated/α-hetero) is 1. The second-order valence-electron chi connectivity index (χ2n) is 9.05. The molecule has 2 aliphatic heterocycles. The molecule has 0 saturated carbocycles. The van der Waals surface area contributed by atoms with E-state index in [1.54, 1.807) is 19.3 Å². The van der Waals surface area contributed by atoms with Gasteiger partial charge in [-0.1, -0.05) is 18.7 Å². The molecule has 3 aromatic rings. The van der Waals surface area contributed by atoms with Crippen LogP contribution in [0, 0.1) is 5.92 Å². The van der Waals surface area contributed by atoms with E-state index >= 15 is 0 Å². The van der Waals surface area contributed by atoms with Crippen LogP contribution in [0.3, 0.4) is 0 Å². The quantitative estimate of drug-likeness (QED) is 0.644. The number of allylic oxidation sites excluding steroid dienone is 1. The molecule has 0 atom stereocenters. The molecule has 6 heteroatoms. The molecule has 1 N–H and O–H groups in total. The van der Waals surface area contributed by atoms with Crippen LogP contribution in [0.5, 0.6) is 17.2 Å². The zero-order chi connectivity index (χ0) is 22.4. The lowest BCUT2D eigenvalue weighted by Gasteiger charge is -2.29. The summed E-state index contributed by atoms with van der Waals surface area (Å²) in [5, 5.41) is 13.7. The number of hydrogen-bond donors (Lipinski definition) is 1. The third-order valence-corrected chi connectivity index (χ3v) is 6.82. The fraction of sp³-hybridized carbons (Fsp3) is 0.346. The Labute approximate surface area is 187 Å². The van der Waals surface area contributed by atoms with Crippen molar-refractivity contribution in [2.75, 3.05) is 20.2 Å². The van der Waals surface area contributed by atoms with Crippen molar-refractivity contribution in [1.29, 1.82) is 0 Å². The number of carbonyl (C=O) groups is 1. The highest BCUT2D eigenvalue weighted by atomic mass is 16.5. The minimum Gasteiger partial charge on any atom is -0.872 e. The van der Waals surface area contributed by atoms with Crippen molar-refractivity contribution in [2.24, 2.45) is 13.0 Å². The molecule has 1 fully saturated rings. The number of ether oxygens (including phenoxy) is 2. The minimum atomic E-state index is -0.177. The molecule has 5 rings (SSSR count). The van der Waals surface area contributed by atoms with E-state index in [1.165, 1.54) is 11.0 Å². The number of aryl methyl sites for hydroxylation is 1. The monoisotopic (exact) mass is 432 g/mol. The van der Waals surface area contributed by atoms with Gasteiger partial charge in [0.2, 0.25) is 5.78 Å². The van der Waals surface area contributed by atoms with Gasteiger partial charge in [-0.2, -0.15) is 0 Å². The molecular weight excluding hydrogens is 404 g/mol. The molecule has 166 valence electrons. The van der Waals surface area contributed by atoms with Crippen LogP contribution in [0.25, 0.3) is 17.0 Å². The van der Waals surface area contributed by atoms with Crippen LogP contribution in [0.15, 0.2) is 42.3 Å². The molecule has 32 heavy (non-hydrogen) atoms. The van der Waals surface area contributed by atoms with Crippen LogP contribution in [-0.4, -0.2) is 30.5 Å². The highest BCUT2D eigenvalue weighted by Crippen LogP contribution is 2.39. The van der Waals surface area contributed by atoms with Gasteiger partial charge in [-0.3, -0.25) is 4.79 Å². The second kappa shape index (κ2) is 8.02. The van der Waals surface area contributed by atoms with Crippen LogP contribution in [0.2, 0.25) is 0 Å². The highest BCUT2D eigenvalue weighted by molar-refractivity contribution is 6.15. The van der Waals surface area contributed by atoms with Gasteiger partial charge in [-0.15, -0.1) is 0 Å². The summed E-state index contributed by atoms with van der Waals surface area (Å²) in [5.74, 6) is 1.95. The number of carbonyl (C=O) groups excluding carboxylic acids is 1. The Bertz CT molecular complexity index is 1230. The van der Waals surface area contributed by atoms with E-state index < -0.39 is 0 Å². The van der Waals surface area contributed by atoms with E-state index in [-0.39, 0.29) is 17.3 Å². The predicted octanol–water partition coefficient (Wildman–Crippen LogP) is 2.69. The average Bonchev–Trinajstić information content (AvgIpc) is 3.28. The topological polar surface area (TPSA) is 68.0 Å². The van der Waals surface area contributed by atoms with Gasteiger partial charge in [0.15, 0.2) is 5.76 Å². The van der Waals surface area contributed by atoms with Crippen LogP contribution >= 0.6 is 0 Å². The van der Waals surface area contributed by atoms with Crippen molar-refractivity contribution in [3.63, 3.8) is 0 Å². The third-order valence-electron chi connectivity index (χ3n) is 6.82. The summed E-state index contributed by atoms with van der Waals surface area (Å²) < 4.78 is 13.5. The first-order chi connectivity index (χ1) is 15.4. The van der Waals surface area contributed by atoms with Crippen molar-refractivity contribution >= 4 is 22.8 Å². The Morgan fingerprint density at radius 2 is 2.03 bits per heavy atom. The molecular formula is C26H28N2O4. The van der Waals surface area contributed by atoms with Crippen molar-refractivity contribution in [1.82, 2.24) is 4.57 Å². The number of methoxy groups -OCH3 is 1. The first-order valence-corrected chi connectivity index (χ1v) is 11.2. The van der Waals surface area contributed by atoms with Gasteiger partial charge in [-0.05, 0) is 49.1 Å². The SMILES string of the molecule is COc1ccc2c(c1)c(/C=C1/Oc3c(ccc([O-])c3C[NH+]3CCC(C)CC3)C1=O)cn2C. The molecule has 0 amide bonds. The molecule has 0 bridgehead atoms. The van der Waals surface area contributed by atoms with E-state index in [0.717, 1.165) is 54.1 Å². The van der Waals surface area contributed by atoms with Gasteiger partial charge in [0.25, 0.3) is 0 Å². The highest BCUT2D eigenvalue weighted by Gasteiger charge is 2.32. The van der Waals surface area contributed by atoms with Gasteiger partial charge >= 0.3 is 0 Å². The molecule has 2 aliphatic rings. The summed E-state index contributed by atoms with van der Waals surface area (Å²) in [7, 11) is 3.60. The summed E-state index contributed by atoms with van der Waals surface area (Å²) in [6, 6.07) is 8.97. The number of piperidine rings is 1. The van der Waals surface area contributed by atoms with Crippen LogP contribution in [-0.2, 0) is 13.6 Å². The summed E-state index contributed by atoms with van der Waals surface area (Å²) in [5.41, 5.74) is 3.00. The molecule has 2 aromatic carbocycles. The number of benzene rings is 2. The summed E-state index contributed by atoms with van der Waals surface area (Å²) in [4.78, 5) is 14.5. The summed E-state index contributed by atoms with van der Waals surface area (Å²) >= 11 is 0. The van der Waals surface area contributed by atoms with Gasteiger partial charge < -0.3 is 24.0 Å². The standard InChI is InChI=1S/C26H28N2O4/c1-16-8-10-28(11-9-16)15-21-23(29)7-5-19-25(30)24(32-26(19)21)12-17-14-27(2)22-6-4-18(31-3)13-20(17)22/h4-7,12-14,16,29H,8-11,15H2,1-3H3/b24-12+. The molecule has 0 radical (unpaired) electrons. The van der Waals surface area contributed by atoms with Crippen molar-refractivity contribution in [2.45, 2.75) is 26.3 Å². The first-order valence-electron chi connectivity index (χ1n) is 11.2. The normalized spacial score (nSPS) is 21.7. The fourth-order valence-electron chi connectivity index (χ4n) is 4.84. The van der Waals surface area contributed by atoms with Gasteiger partial charge in [0.1, 0.15) is 18.0 Å². The molecule has 0 aliphatic carbocycles. The number of ketones is 1. The maximum Gasteiger partial charge on any atom is 0.231 e. The molecule has 1 saturated heterocycles. The maximum atomic E-state index is 13.1. The Hall–Kier alpha value is -3.25. The first kappa shape index (κ1) is 20.6. The maximum absolute atomic E-state index is 13.1. The molecule has 1 aromatic heterocycles. The number of nitrogens with zero attached hydrogens (tertiary/aromatic N) is 1. The molecule has 3 heterocycles.